The molecule has 0 bridgehead atoms. The summed E-state index contributed by atoms with van der Waals surface area (Å²) in [6.07, 6.45) is 2.04. The third-order valence-electron chi connectivity index (χ3n) is 6.31. The van der Waals surface area contributed by atoms with Crippen LogP contribution in [0.1, 0.15) is 64.9 Å². The lowest BCUT2D eigenvalue weighted by atomic mass is 9.60. The van der Waals surface area contributed by atoms with Crippen molar-refractivity contribution in [3.63, 3.8) is 0 Å². The number of allylic oxidation sites excluding steroid dienone is 2. The number of carbonyl (C=O) groups is 2. The highest BCUT2D eigenvalue weighted by Crippen LogP contribution is 2.52. The highest BCUT2D eigenvalue weighted by atomic mass is 16.6. The molecule has 1 fully saturated rings. The van der Waals surface area contributed by atoms with Crippen molar-refractivity contribution in [3.8, 4) is 0 Å². The zero-order chi connectivity index (χ0) is 21.1. The smallest absolute Gasteiger partial charge is 0.273 e. The van der Waals surface area contributed by atoms with Crippen LogP contribution in [0.3, 0.4) is 0 Å². The van der Waals surface area contributed by atoms with Crippen LogP contribution in [-0.2, 0) is 9.59 Å². The van der Waals surface area contributed by atoms with Gasteiger partial charge >= 0.3 is 0 Å². The number of fused-ring (bicyclic) bond motifs is 1. The van der Waals surface area contributed by atoms with Gasteiger partial charge in [-0.3, -0.25) is 24.7 Å². The zero-order valence-corrected chi connectivity index (χ0v) is 17.3. The number of nitrogens with zero attached hydrogens (tertiary/aromatic N) is 2. The van der Waals surface area contributed by atoms with Crippen LogP contribution in [0.4, 0.5) is 5.69 Å². The Morgan fingerprint density at radius 3 is 2.31 bits per heavy atom. The molecule has 29 heavy (non-hydrogen) atoms. The summed E-state index contributed by atoms with van der Waals surface area (Å²) >= 11 is 0. The van der Waals surface area contributed by atoms with E-state index < -0.39 is 16.8 Å². The minimum Gasteiger partial charge on any atom is -0.299 e. The van der Waals surface area contributed by atoms with Crippen molar-refractivity contribution in [3.05, 3.63) is 51.2 Å². The average molecular weight is 394 g/mol. The SMILES string of the molecule is CC1(C)CC(=O)C2C(=NC3=C(C(=O)CC(C)(C)C3)C2c2ccccc2[N+](=O)[O-])C1. The van der Waals surface area contributed by atoms with Crippen molar-refractivity contribution < 1.29 is 14.5 Å². The first-order valence-corrected chi connectivity index (χ1v) is 10.1. The molecule has 1 aromatic carbocycles. The maximum absolute atomic E-state index is 13.2. The molecule has 4 rings (SSSR count). The van der Waals surface area contributed by atoms with Gasteiger partial charge in [0.25, 0.3) is 5.69 Å². The Morgan fingerprint density at radius 1 is 0.966 bits per heavy atom. The van der Waals surface area contributed by atoms with Gasteiger partial charge in [0.05, 0.1) is 10.8 Å². The Kier molecular flexibility index (Phi) is 4.37. The molecule has 0 saturated heterocycles. The number of Topliss-reactive ketones (excluding diaryl/α,β-unsaturated/α-hetero) is 2. The molecule has 6 heteroatoms. The van der Waals surface area contributed by atoms with Gasteiger partial charge in [0, 0.05) is 47.4 Å². The molecule has 0 amide bonds. The largest absolute Gasteiger partial charge is 0.299 e. The van der Waals surface area contributed by atoms with Gasteiger partial charge in [-0.05, 0) is 23.7 Å². The summed E-state index contributed by atoms with van der Waals surface area (Å²) in [5.74, 6) is -1.23. The molecule has 6 nitrogen and oxygen atoms in total. The molecule has 1 saturated carbocycles. The zero-order valence-electron chi connectivity index (χ0n) is 17.3. The first-order valence-electron chi connectivity index (χ1n) is 10.1. The molecule has 152 valence electrons. The first kappa shape index (κ1) is 19.7. The van der Waals surface area contributed by atoms with E-state index in [-0.39, 0.29) is 28.1 Å². The van der Waals surface area contributed by atoms with Crippen LogP contribution in [-0.4, -0.2) is 22.2 Å². The number of hydrogen-bond acceptors (Lipinski definition) is 5. The molecule has 0 N–H and O–H groups in total. The van der Waals surface area contributed by atoms with E-state index in [2.05, 4.69) is 0 Å². The van der Waals surface area contributed by atoms with Crippen LogP contribution in [0.15, 0.2) is 40.5 Å². The van der Waals surface area contributed by atoms with Gasteiger partial charge in [-0.25, -0.2) is 0 Å². The van der Waals surface area contributed by atoms with Crippen molar-refractivity contribution in [1.29, 1.82) is 0 Å². The summed E-state index contributed by atoms with van der Waals surface area (Å²) in [6.45, 7) is 8.17. The van der Waals surface area contributed by atoms with E-state index in [1.54, 1.807) is 18.2 Å². The highest BCUT2D eigenvalue weighted by molar-refractivity contribution is 6.13. The molecule has 1 aliphatic heterocycles. The molecule has 0 radical (unpaired) electrons. The number of nitro groups is 1. The summed E-state index contributed by atoms with van der Waals surface area (Å²) in [4.78, 5) is 42.6. The number of para-hydroxylation sites is 1. The molecule has 1 aromatic rings. The predicted octanol–water partition coefficient (Wildman–Crippen LogP) is 4.78. The third kappa shape index (κ3) is 3.34. The fourth-order valence-corrected chi connectivity index (χ4v) is 5.26. The Bertz CT molecular complexity index is 1000. The van der Waals surface area contributed by atoms with E-state index in [9.17, 15) is 19.7 Å². The topological polar surface area (TPSA) is 89.6 Å². The van der Waals surface area contributed by atoms with Crippen LogP contribution < -0.4 is 0 Å². The van der Waals surface area contributed by atoms with Gasteiger partial charge < -0.3 is 0 Å². The van der Waals surface area contributed by atoms with E-state index >= 15 is 0 Å². The Hall–Kier alpha value is -2.63. The van der Waals surface area contributed by atoms with Crippen molar-refractivity contribution in [2.45, 2.75) is 59.3 Å². The van der Waals surface area contributed by atoms with E-state index in [0.29, 0.717) is 42.5 Å². The number of hydrogen-bond donors (Lipinski definition) is 0. The Morgan fingerprint density at radius 2 is 1.62 bits per heavy atom. The average Bonchev–Trinajstić information content (AvgIpc) is 2.57. The van der Waals surface area contributed by atoms with E-state index in [0.717, 1.165) is 5.71 Å². The summed E-state index contributed by atoms with van der Waals surface area (Å²) < 4.78 is 0. The normalized spacial score (nSPS) is 27.8. The molecule has 2 unspecified atom stereocenters. The van der Waals surface area contributed by atoms with Crippen LogP contribution in [0.5, 0.6) is 0 Å². The molecule has 0 aromatic heterocycles. The second-order valence-electron chi connectivity index (χ2n) is 10.2. The lowest BCUT2D eigenvalue weighted by Crippen LogP contribution is -2.45. The van der Waals surface area contributed by atoms with Crippen molar-refractivity contribution in [2.24, 2.45) is 21.7 Å². The molecular weight excluding hydrogens is 368 g/mol. The van der Waals surface area contributed by atoms with Gasteiger partial charge in [0.2, 0.25) is 0 Å². The van der Waals surface area contributed by atoms with Gasteiger partial charge in [-0.1, -0.05) is 45.9 Å². The fourth-order valence-electron chi connectivity index (χ4n) is 5.26. The maximum Gasteiger partial charge on any atom is 0.273 e. The van der Waals surface area contributed by atoms with Crippen LogP contribution in [0, 0.1) is 26.9 Å². The van der Waals surface area contributed by atoms with Crippen molar-refractivity contribution in [2.75, 3.05) is 0 Å². The predicted molar refractivity (Wildman–Crippen MR) is 110 cm³/mol. The Labute approximate surface area is 170 Å². The minimum absolute atomic E-state index is 0.0207. The minimum atomic E-state index is -0.619. The number of aliphatic imine (C=N–C) groups is 1. The van der Waals surface area contributed by atoms with Gasteiger partial charge in [-0.2, -0.15) is 0 Å². The second-order valence-corrected chi connectivity index (χ2v) is 10.2. The number of benzene rings is 1. The fraction of sp³-hybridized carbons (Fsp3) is 0.522. The monoisotopic (exact) mass is 394 g/mol. The standard InChI is InChI=1S/C23H26N2O4/c1-22(2)9-14-20(17(26)11-22)19(13-7-5-6-8-16(13)25(28)29)21-15(24-14)10-23(3,4)12-18(21)27/h5-8,19-20H,9-12H2,1-4H3. The summed E-state index contributed by atoms with van der Waals surface area (Å²) in [5, 5.41) is 11.7. The number of carbonyl (C=O) groups excluding carboxylic acids is 2. The number of nitro benzene ring substituents is 1. The quantitative estimate of drug-likeness (QED) is 0.533. The third-order valence-corrected chi connectivity index (χ3v) is 6.31. The van der Waals surface area contributed by atoms with Crippen LogP contribution in [0.2, 0.25) is 0 Å². The molecule has 3 aliphatic rings. The van der Waals surface area contributed by atoms with Crippen LogP contribution in [0.25, 0.3) is 0 Å². The van der Waals surface area contributed by atoms with Crippen molar-refractivity contribution >= 4 is 23.0 Å². The van der Waals surface area contributed by atoms with E-state index in [1.807, 2.05) is 27.7 Å². The van der Waals surface area contributed by atoms with Crippen LogP contribution >= 0.6 is 0 Å². The summed E-state index contributed by atoms with van der Waals surface area (Å²) in [5.41, 5.74) is 2.00. The summed E-state index contributed by atoms with van der Waals surface area (Å²) in [6, 6.07) is 6.50. The van der Waals surface area contributed by atoms with E-state index in [4.69, 9.17) is 4.99 Å². The molecule has 2 aliphatic carbocycles. The number of rotatable bonds is 2. The van der Waals surface area contributed by atoms with Crippen molar-refractivity contribution in [1.82, 2.24) is 0 Å². The molecule has 1 heterocycles. The number of ketones is 2. The van der Waals surface area contributed by atoms with E-state index in [1.165, 1.54) is 6.07 Å². The van der Waals surface area contributed by atoms with Gasteiger partial charge in [0.15, 0.2) is 5.78 Å². The highest BCUT2D eigenvalue weighted by Gasteiger charge is 2.51. The molecular formula is C23H26N2O4. The van der Waals surface area contributed by atoms with Gasteiger partial charge in [-0.15, -0.1) is 0 Å². The lowest BCUT2D eigenvalue weighted by Gasteiger charge is -2.44. The maximum atomic E-state index is 13.2. The second kappa shape index (κ2) is 6.44. The Balaban J connectivity index is 1.96. The molecule has 0 spiro atoms. The molecule has 2 atom stereocenters. The summed E-state index contributed by atoms with van der Waals surface area (Å²) in [7, 11) is 0. The first-order chi connectivity index (χ1) is 13.5. The van der Waals surface area contributed by atoms with Gasteiger partial charge in [0.1, 0.15) is 5.78 Å². The lowest BCUT2D eigenvalue weighted by molar-refractivity contribution is -0.385.